The minimum atomic E-state index is 0.592. The summed E-state index contributed by atoms with van der Waals surface area (Å²) in [7, 11) is 0. The lowest BCUT2D eigenvalue weighted by molar-refractivity contribution is 0.301. The number of alkyl halides is 1. The van der Waals surface area contributed by atoms with Crippen LogP contribution in [0.2, 0.25) is 0 Å². The normalized spacial score (nSPS) is 11.0. The molecule has 0 aliphatic heterocycles. The van der Waals surface area contributed by atoms with Gasteiger partial charge in [-0.05, 0) is 50.7 Å². The lowest BCUT2D eigenvalue weighted by Gasteiger charge is -2.25. The van der Waals surface area contributed by atoms with Crippen LogP contribution in [0.5, 0.6) is 0 Å². The second-order valence-corrected chi connectivity index (χ2v) is 5.03. The van der Waals surface area contributed by atoms with Crippen LogP contribution in [0.4, 0.5) is 5.69 Å². The molecule has 0 N–H and O–H groups in total. The fourth-order valence-corrected chi connectivity index (χ4v) is 2.47. The van der Waals surface area contributed by atoms with E-state index in [0.717, 1.165) is 26.2 Å². The van der Waals surface area contributed by atoms with Crippen LogP contribution < -0.4 is 4.90 Å². The number of halogens is 1. The molecule has 1 aromatic carbocycles. The summed E-state index contributed by atoms with van der Waals surface area (Å²) in [6.07, 6.45) is 1.22. The Morgan fingerprint density at radius 1 is 0.895 bits per heavy atom. The van der Waals surface area contributed by atoms with E-state index in [4.69, 9.17) is 11.6 Å². The Kier molecular flexibility index (Phi) is 7.92. The van der Waals surface area contributed by atoms with E-state index < -0.39 is 0 Å². The Morgan fingerprint density at radius 3 is 2.00 bits per heavy atom. The fourth-order valence-electron chi connectivity index (χ4n) is 2.29. The van der Waals surface area contributed by atoms with Gasteiger partial charge in [-0.15, -0.1) is 11.6 Å². The average Bonchev–Trinajstić information content (AvgIpc) is 2.48. The minimum absolute atomic E-state index is 0.592. The third-order valence-electron chi connectivity index (χ3n) is 3.63. The third kappa shape index (κ3) is 5.42. The molecule has 0 saturated heterocycles. The molecule has 0 unspecified atom stereocenters. The monoisotopic (exact) mass is 282 g/mol. The van der Waals surface area contributed by atoms with Gasteiger partial charge in [0.05, 0.1) is 0 Å². The van der Waals surface area contributed by atoms with Crippen LogP contribution in [0.15, 0.2) is 24.3 Å². The van der Waals surface area contributed by atoms with Crippen molar-refractivity contribution in [1.29, 1.82) is 0 Å². The van der Waals surface area contributed by atoms with Crippen LogP contribution in [-0.4, -0.2) is 37.6 Å². The standard InChI is InChI=1S/C16H27ClN2/c1-4-18(5-2)12-7-13-19(6-3)16-10-8-15(14-17)9-11-16/h8-11H,4-7,12-14H2,1-3H3. The Morgan fingerprint density at radius 2 is 1.53 bits per heavy atom. The van der Waals surface area contributed by atoms with Crippen LogP contribution in [-0.2, 0) is 5.88 Å². The molecule has 0 radical (unpaired) electrons. The molecule has 0 saturated carbocycles. The van der Waals surface area contributed by atoms with Gasteiger partial charge in [0.15, 0.2) is 0 Å². The second-order valence-electron chi connectivity index (χ2n) is 4.76. The summed E-state index contributed by atoms with van der Waals surface area (Å²) in [5.41, 5.74) is 2.49. The van der Waals surface area contributed by atoms with Crippen molar-refractivity contribution in [3.8, 4) is 0 Å². The van der Waals surface area contributed by atoms with Gasteiger partial charge in [0.25, 0.3) is 0 Å². The summed E-state index contributed by atoms with van der Waals surface area (Å²) in [5.74, 6) is 0.592. The number of rotatable bonds is 9. The van der Waals surface area contributed by atoms with Gasteiger partial charge in [0.2, 0.25) is 0 Å². The first kappa shape index (κ1) is 16.3. The van der Waals surface area contributed by atoms with Crippen molar-refractivity contribution in [1.82, 2.24) is 4.90 Å². The molecule has 19 heavy (non-hydrogen) atoms. The fraction of sp³-hybridized carbons (Fsp3) is 0.625. The number of nitrogens with zero attached hydrogens (tertiary/aromatic N) is 2. The van der Waals surface area contributed by atoms with Gasteiger partial charge in [-0.25, -0.2) is 0 Å². The first-order valence-corrected chi connectivity index (χ1v) is 7.90. The van der Waals surface area contributed by atoms with E-state index >= 15 is 0 Å². The van der Waals surface area contributed by atoms with E-state index in [-0.39, 0.29) is 0 Å². The second kappa shape index (κ2) is 9.22. The minimum Gasteiger partial charge on any atom is -0.372 e. The van der Waals surface area contributed by atoms with Gasteiger partial charge in [-0.3, -0.25) is 0 Å². The molecule has 108 valence electrons. The number of benzene rings is 1. The van der Waals surface area contributed by atoms with E-state index in [1.165, 1.54) is 24.2 Å². The molecular formula is C16H27ClN2. The van der Waals surface area contributed by atoms with Crippen molar-refractivity contribution in [2.24, 2.45) is 0 Å². The summed E-state index contributed by atoms with van der Waals surface area (Å²) in [6, 6.07) is 8.60. The molecule has 2 nitrogen and oxygen atoms in total. The van der Waals surface area contributed by atoms with Gasteiger partial charge in [0, 0.05) is 24.7 Å². The molecule has 0 atom stereocenters. The summed E-state index contributed by atoms with van der Waals surface area (Å²) >= 11 is 5.82. The van der Waals surface area contributed by atoms with Gasteiger partial charge >= 0.3 is 0 Å². The first-order chi connectivity index (χ1) is 9.24. The highest BCUT2D eigenvalue weighted by Gasteiger charge is 2.05. The van der Waals surface area contributed by atoms with Crippen LogP contribution in [0.25, 0.3) is 0 Å². The van der Waals surface area contributed by atoms with Gasteiger partial charge in [-0.2, -0.15) is 0 Å². The quantitative estimate of drug-likeness (QED) is 0.632. The van der Waals surface area contributed by atoms with E-state index in [1.807, 2.05) is 0 Å². The topological polar surface area (TPSA) is 6.48 Å². The Hall–Kier alpha value is -0.730. The van der Waals surface area contributed by atoms with Crippen molar-refractivity contribution >= 4 is 17.3 Å². The number of anilines is 1. The predicted molar refractivity (Wildman–Crippen MR) is 86.3 cm³/mol. The largest absolute Gasteiger partial charge is 0.372 e. The zero-order chi connectivity index (χ0) is 14.1. The Balaban J connectivity index is 2.48. The zero-order valence-corrected chi connectivity index (χ0v) is 13.3. The van der Waals surface area contributed by atoms with Crippen LogP contribution in [0.3, 0.4) is 0 Å². The maximum Gasteiger partial charge on any atom is 0.0474 e. The Bertz CT molecular complexity index is 333. The summed E-state index contributed by atoms with van der Waals surface area (Å²) < 4.78 is 0. The molecule has 0 aromatic heterocycles. The predicted octanol–water partition coefficient (Wildman–Crippen LogP) is 3.98. The molecule has 0 aliphatic rings. The smallest absolute Gasteiger partial charge is 0.0474 e. The van der Waals surface area contributed by atoms with E-state index in [1.54, 1.807) is 0 Å². The summed E-state index contributed by atoms with van der Waals surface area (Å²) in [4.78, 5) is 4.91. The molecule has 0 spiro atoms. The van der Waals surface area contributed by atoms with E-state index in [2.05, 4.69) is 54.8 Å². The van der Waals surface area contributed by atoms with Crippen molar-refractivity contribution in [2.45, 2.75) is 33.1 Å². The van der Waals surface area contributed by atoms with Crippen molar-refractivity contribution in [2.75, 3.05) is 37.6 Å². The highest BCUT2D eigenvalue weighted by Crippen LogP contribution is 2.16. The molecule has 0 fully saturated rings. The molecule has 0 heterocycles. The zero-order valence-electron chi connectivity index (χ0n) is 12.5. The third-order valence-corrected chi connectivity index (χ3v) is 3.94. The first-order valence-electron chi connectivity index (χ1n) is 7.37. The highest BCUT2D eigenvalue weighted by atomic mass is 35.5. The van der Waals surface area contributed by atoms with Crippen LogP contribution in [0, 0.1) is 0 Å². The molecule has 0 amide bonds. The molecule has 1 aromatic rings. The summed E-state index contributed by atoms with van der Waals surface area (Å²) in [5, 5.41) is 0. The molecular weight excluding hydrogens is 256 g/mol. The summed E-state index contributed by atoms with van der Waals surface area (Å²) in [6.45, 7) is 12.3. The van der Waals surface area contributed by atoms with Crippen molar-refractivity contribution < 1.29 is 0 Å². The van der Waals surface area contributed by atoms with Crippen LogP contribution >= 0.6 is 11.6 Å². The lowest BCUT2D eigenvalue weighted by atomic mass is 10.2. The van der Waals surface area contributed by atoms with Crippen molar-refractivity contribution in [3.63, 3.8) is 0 Å². The molecule has 0 aliphatic carbocycles. The van der Waals surface area contributed by atoms with Crippen molar-refractivity contribution in [3.05, 3.63) is 29.8 Å². The van der Waals surface area contributed by atoms with E-state index in [9.17, 15) is 0 Å². The maximum absolute atomic E-state index is 5.82. The molecule has 0 bridgehead atoms. The Labute approximate surface area is 123 Å². The van der Waals surface area contributed by atoms with Gasteiger partial charge < -0.3 is 9.80 Å². The lowest BCUT2D eigenvalue weighted by Crippen LogP contribution is -2.29. The SMILES string of the molecule is CCN(CC)CCCN(CC)c1ccc(CCl)cc1. The average molecular weight is 283 g/mol. The number of hydrogen-bond donors (Lipinski definition) is 0. The maximum atomic E-state index is 5.82. The molecule has 3 heteroatoms. The van der Waals surface area contributed by atoms with E-state index in [0.29, 0.717) is 5.88 Å². The highest BCUT2D eigenvalue weighted by molar-refractivity contribution is 6.17. The number of hydrogen-bond acceptors (Lipinski definition) is 2. The van der Waals surface area contributed by atoms with Crippen LogP contribution in [0.1, 0.15) is 32.8 Å². The van der Waals surface area contributed by atoms with Gasteiger partial charge in [0.1, 0.15) is 0 Å². The molecule has 1 rings (SSSR count). The van der Waals surface area contributed by atoms with Gasteiger partial charge in [-0.1, -0.05) is 26.0 Å².